The summed E-state index contributed by atoms with van der Waals surface area (Å²) in [6, 6.07) is 5.35. The summed E-state index contributed by atoms with van der Waals surface area (Å²) in [5, 5.41) is 10.0. The molecule has 0 radical (unpaired) electrons. The van der Waals surface area contributed by atoms with Crippen LogP contribution in [-0.4, -0.2) is 19.6 Å². The molecule has 0 fully saturated rings. The number of nitrogens with two attached hydrogens (primary N) is 1. The number of rotatable bonds is 3. The molecule has 0 saturated carbocycles. The van der Waals surface area contributed by atoms with Crippen LogP contribution in [0.3, 0.4) is 0 Å². The second-order valence-electron chi connectivity index (χ2n) is 5.25. The maximum absolute atomic E-state index is 10.0. The Balaban J connectivity index is 2.21. The predicted molar refractivity (Wildman–Crippen MR) is 79.8 cm³/mol. The molecule has 2 atom stereocenters. The van der Waals surface area contributed by atoms with Crippen LogP contribution in [0.4, 0.5) is 5.69 Å². The minimum absolute atomic E-state index is 0.170. The molecule has 0 saturated heterocycles. The summed E-state index contributed by atoms with van der Waals surface area (Å²) in [5.74, 6) is 1.91. The number of aromatic nitrogens is 3. The maximum Gasteiger partial charge on any atom is 0.217 e. The lowest BCUT2D eigenvalue weighted by molar-refractivity contribution is 0.182. The van der Waals surface area contributed by atoms with Crippen LogP contribution in [-0.2, 0) is 0 Å². The number of nitrogens with zero attached hydrogens (tertiary/aromatic N) is 3. The van der Waals surface area contributed by atoms with Crippen molar-refractivity contribution in [1.82, 2.24) is 14.5 Å². The van der Waals surface area contributed by atoms with Crippen LogP contribution >= 0.6 is 0 Å². The third kappa shape index (κ3) is 2.27. The molecular formula is C15H18N4O2. The average molecular weight is 286 g/mol. The molecule has 2 aromatic heterocycles. The summed E-state index contributed by atoms with van der Waals surface area (Å²) in [6.07, 6.45) is 0.988. The van der Waals surface area contributed by atoms with Gasteiger partial charge in [-0.05, 0) is 39.0 Å². The number of aliphatic hydroxyl groups excluding tert-OH is 1. The zero-order valence-corrected chi connectivity index (χ0v) is 12.2. The molecular weight excluding hydrogens is 268 g/mol. The number of aliphatic hydroxyl groups is 1. The Labute approximate surface area is 122 Å². The highest BCUT2D eigenvalue weighted by molar-refractivity contribution is 5.80. The van der Waals surface area contributed by atoms with E-state index in [0.717, 1.165) is 16.8 Å². The monoisotopic (exact) mass is 286 g/mol. The van der Waals surface area contributed by atoms with Gasteiger partial charge in [-0.2, -0.15) is 0 Å². The molecule has 6 nitrogen and oxygen atoms in total. The van der Waals surface area contributed by atoms with Crippen LogP contribution in [0.25, 0.3) is 11.0 Å². The molecule has 3 rings (SSSR count). The minimum atomic E-state index is -0.697. The molecule has 0 amide bonds. The Bertz CT molecular complexity index is 788. The molecule has 0 aliphatic heterocycles. The number of anilines is 1. The van der Waals surface area contributed by atoms with E-state index in [1.807, 2.05) is 30.5 Å². The third-order valence-electron chi connectivity index (χ3n) is 3.50. The van der Waals surface area contributed by atoms with E-state index < -0.39 is 6.10 Å². The van der Waals surface area contributed by atoms with E-state index in [1.54, 1.807) is 19.2 Å². The number of oxazole rings is 1. The zero-order chi connectivity index (χ0) is 15.1. The van der Waals surface area contributed by atoms with Crippen molar-refractivity contribution in [1.29, 1.82) is 0 Å². The van der Waals surface area contributed by atoms with Gasteiger partial charge in [0.1, 0.15) is 23.7 Å². The molecule has 0 bridgehead atoms. The molecule has 0 aliphatic carbocycles. The van der Waals surface area contributed by atoms with Crippen molar-refractivity contribution in [2.45, 2.75) is 32.9 Å². The summed E-state index contributed by atoms with van der Waals surface area (Å²) in [6.45, 7) is 5.51. The molecule has 110 valence electrons. The van der Waals surface area contributed by atoms with Crippen molar-refractivity contribution in [3.8, 4) is 0 Å². The van der Waals surface area contributed by atoms with Gasteiger partial charge in [0.15, 0.2) is 0 Å². The van der Waals surface area contributed by atoms with E-state index in [9.17, 15) is 5.11 Å². The van der Waals surface area contributed by atoms with Gasteiger partial charge >= 0.3 is 0 Å². The first-order chi connectivity index (χ1) is 9.97. The van der Waals surface area contributed by atoms with Gasteiger partial charge in [-0.25, -0.2) is 9.97 Å². The Morgan fingerprint density at radius 2 is 2.10 bits per heavy atom. The molecule has 3 N–H and O–H groups in total. The lowest BCUT2D eigenvalue weighted by Crippen LogP contribution is -2.13. The summed E-state index contributed by atoms with van der Waals surface area (Å²) in [5.41, 5.74) is 8.09. The molecule has 6 heteroatoms. The highest BCUT2D eigenvalue weighted by atomic mass is 16.4. The number of benzene rings is 1. The van der Waals surface area contributed by atoms with Crippen molar-refractivity contribution in [2.75, 3.05) is 5.73 Å². The lowest BCUT2D eigenvalue weighted by atomic mass is 10.2. The molecule has 2 unspecified atom stereocenters. The molecule has 2 heterocycles. The SMILES string of the molecule is Cc1cnc(C(C)n2c(C(C)O)nc3cc(N)ccc32)o1. The summed E-state index contributed by atoms with van der Waals surface area (Å²) >= 11 is 0. The molecule has 3 aromatic rings. The Morgan fingerprint density at radius 1 is 1.33 bits per heavy atom. The van der Waals surface area contributed by atoms with E-state index in [2.05, 4.69) is 9.97 Å². The predicted octanol–water partition coefficient (Wildman–Crippen LogP) is 2.58. The average Bonchev–Trinajstić information content (AvgIpc) is 3.01. The van der Waals surface area contributed by atoms with Crippen LogP contribution < -0.4 is 5.73 Å². The normalized spacial score (nSPS) is 14.5. The Morgan fingerprint density at radius 3 is 2.71 bits per heavy atom. The second kappa shape index (κ2) is 4.89. The van der Waals surface area contributed by atoms with Crippen molar-refractivity contribution >= 4 is 16.7 Å². The highest BCUT2D eigenvalue weighted by Gasteiger charge is 2.22. The maximum atomic E-state index is 10.0. The van der Waals surface area contributed by atoms with Crippen molar-refractivity contribution in [3.05, 3.63) is 41.9 Å². The largest absolute Gasteiger partial charge is 0.444 e. The van der Waals surface area contributed by atoms with Gasteiger partial charge in [0.05, 0.1) is 17.2 Å². The van der Waals surface area contributed by atoms with Crippen LogP contribution in [0.1, 0.15) is 43.5 Å². The van der Waals surface area contributed by atoms with Crippen LogP contribution in [0, 0.1) is 6.92 Å². The number of hydrogen-bond donors (Lipinski definition) is 2. The van der Waals surface area contributed by atoms with E-state index in [1.165, 1.54) is 0 Å². The fourth-order valence-corrected chi connectivity index (χ4v) is 2.51. The van der Waals surface area contributed by atoms with Gasteiger partial charge < -0.3 is 19.8 Å². The standard InChI is InChI=1S/C15H18N4O2/c1-8-7-17-15(21-8)9(2)19-13-5-4-11(16)6-12(13)18-14(19)10(3)20/h4-7,9-10,20H,16H2,1-3H3. The second-order valence-corrected chi connectivity index (χ2v) is 5.25. The van der Waals surface area contributed by atoms with Crippen LogP contribution in [0.5, 0.6) is 0 Å². The number of imidazole rings is 1. The lowest BCUT2D eigenvalue weighted by Gasteiger charge is -2.16. The molecule has 21 heavy (non-hydrogen) atoms. The zero-order valence-electron chi connectivity index (χ0n) is 12.2. The number of nitrogen functional groups attached to an aromatic ring is 1. The van der Waals surface area contributed by atoms with Crippen LogP contribution in [0.2, 0.25) is 0 Å². The van der Waals surface area contributed by atoms with E-state index in [0.29, 0.717) is 17.4 Å². The summed E-state index contributed by atoms with van der Waals surface area (Å²) < 4.78 is 7.55. The van der Waals surface area contributed by atoms with Gasteiger partial charge in [0.2, 0.25) is 5.89 Å². The first-order valence-corrected chi connectivity index (χ1v) is 6.85. The summed E-state index contributed by atoms with van der Waals surface area (Å²) in [7, 11) is 0. The number of hydrogen-bond acceptors (Lipinski definition) is 5. The van der Waals surface area contributed by atoms with Gasteiger partial charge in [-0.3, -0.25) is 0 Å². The fraction of sp³-hybridized carbons (Fsp3) is 0.333. The highest BCUT2D eigenvalue weighted by Crippen LogP contribution is 2.29. The van der Waals surface area contributed by atoms with Crippen LogP contribution in [0.15, 0.2) is 28.8 Å². The minimum Gasteiger partial charge on any atom is -0.444 e. The van der Waals surface area contributed by atoms with E-state index in [-0.39, 0.29) is 6.04 Å². The number of aryl methyl sites for hydroxylation is 1. The number of fused-ring (bicyclic) bond motifs is 1. The third-order valence-corrected chi connectivity index (χ3v) is 3.50. The van der Waals surface area contributed by atoms with Crippen molar-refractivity contribution in [3.63, 3.8) is 0 Å². The first-order valence-electron chi connectivity index (χ1n) is 6.85. The van der Waals surface area contributed by atoms with E-state index in [4.69, 9.17) is 10.2 Å². The molecule has 1 aromatic carbocycles. The summed E-state index contributed by atoms with van der Waals surface area (Å²) in [4.78, 5) is 8.76. The first kappa shape index (κ1) is 13.6. The van der Waals surface area contributed by atoms with E-state index >= 15 is 0 Å². The fourth-order valence-electron chi connectivity index (χ4n) is 2.51. The van der Waals surface area contributed by atoms with Gasteiger partial charge in [-0.15, -0.1) is 0 Å². The smallest absolute Gasteiger partial charge is 0.217 e. The van der Waals surface area contributed by atoms with Gasteiger partial charge in [0.25, 0.3) is 0 Å². The van der Waals surface area contributed by atoms with Crippen molar-refractivity contribution < 1.29 is 9.52 Å². The Kier molecular flexibility index (Phi) is 3.17. The van der Waals surface area contributed by atoms with Crippen molar-refractivity contribution in [2.24, 2.45) is 0 Å². The molecule has 0 aliphatic rings. The van der Waals surface area contributed by atoms with Gasteiger partial charge in [0, 0.05) is 5.69 Å². The quantitative estimate of drug-likeness (QED) is 0.722. The Hall–Kier alpha value is -2.34. The topological polar surface area (TPSA) is 90.1 Å². The molecule has 0 spiro atoms. The van der Waals surface area contributed by atoms with Gasteiger partial charge in [-0.1, -0.05) is 0 Å².